The molecule has 2 heterocycles. The number of nitrogens with two attached hydrogens (primary N) is 1. The number of anilines is 2. The van der Waals surface area contributed by atoms with Gasteiger partial charge in [-0.2, -0.15) is 0 Å². The first kappa shape index (κ1) is 14.5. The Bertz CT molecular complexity index is 436. The van der Waals surface area contributed by atoms with Gasteiger partial charge in [0.25, 0.3) is 0 Å². The number of hydrogen-bond acceptors (Lipinski definition) is 6. The van der Waals surface area contributed by atoms with E-state index in [2.05, 4.69) is 61.9 Å². The molecule has 1 fully saturated rings. The van der Waals surface area contributed by atoms with Crippen LogP contribution in [0.5, 0.6) is 0 Å². The van der Waals surface area contributed by atoms with Crippen molar-refractivity contribution in [1.82, 2.24) is 14.9 Å². The van der Waals surface area contributed by atoms with Gasteiger partial charge in [-0.15, -0.1) is 0 Å². The molecule has 0 amide bonds. The Balaban J connectivity index is 2.10. The molecule has 1 saturated heterocycles. The summed E-state index contributed by atoms with van der Waals surface area (Å²) < 4.78 is 0.821. The minimum Gasteiger partial charge on any atom is -0.353 e. The molecule has 0 radical (unpaired) electrons. The van der Waals surface area contributed by atoms with Crippen LogP contribution < -0.4 is 16.2 Å². The van der Waals surface area contributed by atoms with E-state index in [0.717, 1.165) is 36.5 Å². The molecule has 19 heavy (non-hydrogen) atoms. The van der Waals surface area contributed by atoms with Crippen LogP contribution in [-0.4, -0.2) is 46.6 Å². The van der Waals surface area contributed by atoms with E-state index in [0.29, 0.717) is 5.82 Å². The summed E-state index contributed by atoms with van der Waals surface area (Å²) in [6.45, 7) is 10.7. The lowest BCUT2D eigenvalue weighted by Crippen LogP contribution is -2.53. The molecule has 1 aromatic rings. The predicted octanol–water partition coefficient (Wildman–Crippen LogP) is 1.45. The van der Waals surface area contributed by atoms with Gasteiger partial charge in [-0.05, 0) is 36.7 Å². The van der Waals surface area contributed by atoms with Gasteiger partial charge in [0, 0.05) is 31.7 Å². The number of nitrogens with zero attached hydrogens (tertiary/aromatic N) is 4. The van der Waals surface area contributed by atoms with Crippen LogP contribution in [0.2, 0.25) is 0 Å². The maximum atomic E-state index is 5.43. The highest BCUT2D eigenvalue weighted by atomic mass is 79.9. The van der Waals surface area contributed by atoms with Crippen LogP contribution in [0.1, 0.15) is 20.8 Å². The first-order chi connectivity index (χ1) is 8.93. The van der Waals surface area contributed by atoms with Gasteiger partial charge in [0.1, 0.15) is 16.6 Å². The van der Waals surface area contributed by atoms with Gasteiger partial charge in [-0.3, -0.25) is 4.90 Å². The van der Waals surface area contributed by atoms with Crippen LogP contribution in [0.25, 0.3) is 0 Å². The molecular formula is C12H21BrN6. The summed E-state index contributed by atoms with van der Waals surface area (Å²) in [7, 11) is 0. The molecule has 1 aliphatic rings. The molecule has 0 unspecified atom stereocenters. The van der Waals surface area contributed by atoms with Crippen LogP contribution in [-0.2, 0) is 0 Å². The summed E-state index contributed by atoms with van der Waals surface area (Å²) >= 11 is 3.51. The summed E-state index contributed by atoms with van der Waals surface area (Å²) in [5.41, 5.74) is 2.79. The number of aromatic nitrogens is 2. The summed E-state index contributed by atoms with van der Waals surface area (Å²) in [5, 5.41) is 0. The number of halogens is 1. The molecule has 1 aromatic heterocycles. The zero-order valence-electron chi connectivity index (χ0n) is 11.6. The van der Waals surface area contributed by atoms with Crippen molar-refractivity contribution < 1.29 is 0 Å². The maximum absolute atomic E-state index is 5.43. The zero-order chi connectivity index (χ0) is 14.0. The first-order valence-electron chi connectivity index (χ1n) is 6.40. The van der Waals surface area contributed by atoms with Crippen molar-refractivity contribution >= 4 is 27.6 Å². The molecule has 0 atom stereocenters. The van der Waals surface area contributed by atoms with Crippen molar-refractivity contribution in [2.75, 3.05) is 36.5 Å². The molecule has 0 saturated carbocycles. The Labute approximate surface area is 122 Å². The lowest BCUT2D eigenvalue weighted by atomic mass is 10.1. The molecule has 1 aliphatic heterocycles. The van der Waals surface area contributed by atoms with E-state index in [9.17, 15) is 0 Å². The highest BCUT2D eigenvalue weighted by Crippen LogP contribution is 2.30. The molecule has 0 aliphatic carbocycles. The van der Waals surface area contributed by atoms with Gasteiger partial charge in [0.2, 0.25) is 0 Å². The number of hydrazine groups is 1. The van der Waals surface area contributed by atoms with Gasteiger partial charge in [0.05, 0.1) is 0 Å². The normalized spacial score (nSPS) is 17.6. The molecule has 106 valence electrons. The maximum Gasteiger partial charge on any atom is 0.159 e. The summed E-state index contributed by atoms with van der Waals surface area (Å²) in [4.78, 5) is 13.2. The molecular weight excluding hydrogens is 308 g/mol. The Kier molecular flexibility index (Phi) is 4.27. The van der Waals surface area contributed by atoms with Crippen LogP contribution >= 0.6 is 15.9 Å². The van der Waals surface area contributed by atoms with Crippen LogP contribution in [0.15, 0.2) is 10.8 Å². The fourth-order valence-corrected chi connectivity index (χ4v) is 2.84. The third-order valence-electron chi connectivity index (χ3n) is 3.44. The highest BCUT2D eigenvalue weighted by Gasteiger charge is 2.27. The first-order valence-corrected chi connectivity index (χ1v) is 7.20. The van der Waals surface area contributed by atoms with Crippen molar-refractivity contribution in [2.45, 2.75) is 26.3 Å². The van der Waals surface area contributed by atoms with Gasteiger partial charge in [-0.25, -0.2) is 15.8 Å². The number of rotatable bonds is 2. The second kappa shape index (κ2) is 5.60. The fourth-order valence-electron chi connectivity index (χ4n) is 2.27. The number of nitrogen functional groups attached to an aromatic ring is 1. The van der Waals surface area contributed by atoms with Crippen molar-refractivity contribution in [2.24, 2.45) is 5.84 Å². The standard InChI is InChI=1S/C12H21BrN6/c1-12(2,3)19-6-4-18(5-7-19)11-9(13)10(17-14)15-8-16-11/h8H,4-7,14H2,1-3H3,(H,15,16,17). The quantitative estimate of drug-likeness (QED) is 0.632. The van der Waals surface area contributed by atoms with E-state index >= 15 is 0 Å². The number of hydrogen-bond donors (Lipinski definition) is 2. The van der Waals surface area contributed by atoms with E-state index in [1.165, 1.54) is 6.33 Å². The Morgan fingerprint density at radius 1 is 1.21 bits per heavy atom. The SMILES string of the molecule is CC(C)(C)N1CCN(c2ncnc(NN)c2Br)CC1. The van der Waals surface area contributed by atoms with Gasteiger partial charge >= 0.3 is 0 Å². The molecule has 0 bridgehead atoms. The predicted molar refractivity (Wildman–Crippen MR) is 81.1 cm³/mol. The molecule has 6 nitrogen and oxygen atoms in total. The van der Waals surface area contributed by atoms with Crippen molar-refractivity contribution in [1.29, 1.82) is 0 Å². The van der Waals surface area contributed by atoms with Crippen molar-refractivity contribution in [3.8, 4) is 0 Å². The van der Waals surface area contributed by atoms with Crippen LogP contribution in [0.4, 0.5) is 11.6 Å². The molecule has 3 N–H and O–H groups in total. The Hall–Kier alpha value is -0.920. The van der Waals surface area contributed by atoms with Crippen LogP contribution in [0, 0.1) is 0 Å². The van der Waals surface area contributed by atoms with E-state index in [4.69, 9.17) is 5.84 Å². The molecule has 2 rings (SSSR count). The van der Waals surface area contributed by atoms with Gasteiger partial charge in [0.15, 0.2) is 5.82 Å². The van der Waals surface area contributed by atoms with Crippen molar-refractivity contribution in [3.63, 3.8) is 0 Å². The minimum absolute atomic E-state index is 0.221. The van der Waals surface area contributed by atoms with E-state index in [-0.39, 0.29) is 5.54 Å². The fraction of sp³-hybridized carbons (Fsp3) is 0.667. The number of piperazine rings is 1. The smallest absolute Gasteiger partial charge is 0.159 e. The third kappa shape index (κ3) is 3.16. The average molecular weight is 329 g/mol. The lowest BCUT2D eigenvalue weighted by Gasteiger charge is -2.42. The third-order valence-corrected chi connectivity index (χ3v) is 4.17. The molecule has 0 aromatic carbocycles. The van der Waals surface area contributed by atoms with Crippen molar-refractivity contribution in [3.05, 3.63) is 10.8 Å². The Morgan fingerprint density at radius 2 is 1.84 bits per heavy atom. The van der Waals surface area contributed by atoms with Gasteiger partial charge < -0.3 is 10.3 Å². The zero-order valence-corrected chi connectivity index (χ0v) is 13.2. The lowest BCUT2D eigenvalue weighted by molar-refractivity contribution is 0.128. The minimum atomic E-state index is 0.221. The summed E-state index contributed by atoms with van der Waals surface area (Å²) in [5.74, 6) is 6.94. The van der Waals surface area contributed by atoms with E-state index in [1.54, 1.807) is 0 Å². The van der Waals surface area contributed by atoms with E-state index in [1.807, 2.05) is 0 Å². The second-order valence-corrected chi connectivity index (χ2v) is 6.44. The summed E-state index contributed by atoms with van der Waals surface area (Å²) in [6.07, 6.45) is 1.53. The second-order valence-electron chi connectivity index (χ2n) is 5.65. The monoisotopic (exact) mass is 328 g/mol. The van der Waals surface area contributed by atoms with Gasteiger partial charge in [-0.1, -0.05) is 0 Å². The topological polar surface area (TPSA) is 70.3 Å². The average Bonchev–Trinajstić information content (AvgIpc) is 2.38. The largest absolute Gasteiger partial charge is 0.353 e. The Morgan fingerprint density at radius 3 is 2.37 bits per heavy atom. The van der Waals surface area contributed by atoms with Crippen LogP contribution in [0.3, 0.4) is 0 Å². The molecule has 7 heteroatoms. The number of nitrogens with one attached hydrogen (secondary N) is 1. The molecule has 0 spiro atoms. The van der Waals surface area contributed by atoms with E-state index < -0.39 is 0 Å². The summed E-state index contributed by atoms with van der Waals surface area (Å²) in [6, 6.07) is 0. The highest BCUT2D eigenvalue weighted by molar-refractivity contribution is 9.10.